The molecule has 0 saturated heterocycles. The van der Waals surface area contributed by atoms with Gasteiger partial charge in [-0.3, -0.25) is 4.79 Å². The number of furan rings is 1. The molecule has 0 unspecified atom stereocenters. The van der Waals surface area contributed by atoms with Gasteiger partial charge in [0.15, 0.2) is 5.13 Å². The van der Waals surface area contributed by atoms with Gasteiger partial charge in [-0.2, -0.15) is 0 Å². The molecule has 0 spiro atoms. The van der Waals surface area contributed by atoms with Gasteiger partial charge < -0.3 is 14.6 Å². The van der Waals surface area contributed by atoms with Crippen LogP contribution in [0.4, 0.5) is 5.13 Å². The van der Waals surface area contributed by atoms with Crippen LogP contribution < -0.4 is 5.32 Å². The molecule has 0 atom stereocenters. The third-order valence-electron chi connectivity index (χ3n) is 5.12. The molecule has 0 fully saturated rings. The number of halogens is 1. The third-order valence-corrected chi connectivity index (χ3v) is 6.43. The molecule has 1 aliphatic heterocycles. The summed E-state index contributed by atoms with van der Waals surface area (Å²) in [7, 11) is 2.07. The molecule has 2 aromatic heterocycles. The fourth-order valence-corrected chi connectivity index (χ4v) is 4.93. The Kier molecular flexibility index (Phi) is 4.34. The maximum atomic E-state index is 12.7. The van der Waals surface area contributed by atoms with E-state index in [4.69, 9.17) is 16.0 Å². The molecule has 5 nitrogen and oxygen atoms in total. The smallest absolute Gasteiger partial charge is 0.233 e. The highest BCUT2D eigenvalue weighted by Gasteiger charge is 2.24. The lowest BCUT2D eigenvalue weighted by Crippen LogP contribution is -2.20. The molecular formula is C21H18ClN3O2S. The summed E-state index contributed by atoms with van der Waals surface area (Å²) in [4.78, 5) is 19.4. The zero-order chi connectivity index (χ0) is 19.3. The Morgan fingerprint density at radius 1 is 1.29 bits per heavy atom. The van der Waals surface area contributed by atoms with Crippen LogP contribution in [0.15, 0.2) is 40.8 Å². The summed E-state index contributed by atoms with van der Waals surface area (Å²) in [5.41, 5.74) is 3.86. The minimum atomic E-state index is -0.131. The van der Waals surface area contributed by atoms with Crippen LogP contribution in [0, 0.1) is 0 Å². The third kappa shape index (κ3) is 3.07. The van der Waals surface area contributed by atoms with E-state index in [2.05, 4.69) is 22.2 Å². The number of likely N-dealkylation sites (N-methyl/N-ethyl adjacent to an activating group) is 1. The first-order chi connectivity index (χ1) is 13.6. The van der Waals surface area contributed by atoms with E-state index in [1.54, 1.807) is 0 Å². The highest BCUT2D eigenvalue weighted by atomic mass is 35.5. The SMILES string of the molecule is CN1CCc2c(Cl)ccc3oc(CC(=O)Nc4nc5ccccc5s4)c(c23)C1. The van der Waals surface area contributed by atoms with Crippen molar-refractivity contribution in [3.8, 4) is 0 Å². The van der Waals surface area contributed by atoms with E-state index < -0.39 is 0 Å². The minimum absolute atomic E-state index is 0.131. The highest BCUT2D eigenvalue weighted by molar-refractivity contribution is 7.22. The average molecular weight is 412 g/mol. The minimum Gasteiger partial charge on any atom is -0.460 e. The summed E-state index contributed by atoms with van der Waals surface area (Å²) in [6.07, 6.45) is 1.04. The molecule has 28 heavy (non-hydrogen) atoms. The Hall–Kier alpha value is -2.41. The van der Waals surface area contributed by atoms with Crippen LogP contribution in [0.25, 0.3) is 21.2 Å². The Balaban J connectivity index is 1.46. The van der Waals surface area contributed by atoms with Crippen LogP contribution in [0.3, 0.4) is 0 Å². The van der Waals surface area contributed by atoms with Gasteiger partial charge in [-0.05, 0) is 43.3 Å². The first-order valence-electron chi connectivity index (χ1n) is 9.14. The van der Waals surface area contributed by atoms with Crippen molar-refractivity contribution >= 4 is 55.2 Å². The molecule has 1 aliphatic rings. The standard InChI is InChI=1S/C21H18ClN3O2S/c1-25-9-8-12-14(22)6-7-16-20(12)13(11-25)17(27-16)10-19(26)24-21-23-15-4-2-3-5-18(15)28-21/h2-7H,8-11H2,1H3,(H,23,24,26). The van der Waals surface area contributed by atoms with Crippen LogP contribution in [0.5, 0.6) is 0 Å². The molecule has 142 valence electrons. The van der Waals surface area contributed by atoms with Crippen LogP contribution >= 0.6 is 22.9 Å². The Labute approximate surface area is 170 Å². The summed E-state index contributed by atoms with van der Waals surface area (Å²) >= 11 is 7.92. The quantitative estimate of drug-likeness (QED) is 0.522. The lowest BCUT2D eigenvalue weighted by atomic mass is 10.0. The van der Waals surface area contributed by atoms with Crippen molar-refractivity contribution in [1.29, 1.82) is 0 Å². The number of hydrogen-bond acceptors (Lipinski definition) is 5. The van der Waals surface area contributed by atoms with Crippen molar-refractivity contribution in [3.63, 3.8) is 0 Å². The fraction of sp³-hybridized carbons (Fsp3) is 0.238. The molecule has 5 rings (SSSR count). The number of fused-ring (bicyclic) bond motifs is 1. The maximum absolute atomic E-state index is 12.7. The van der Waals surface area contributed by atoms with Crippen molar-refractivity contribution in [2.24, 2.45) is 0 Å². The first kappa shape index (κ1) is 17.7. The van der Waals surface area contributed by atoms with E-state index in [1.165, 1.54) is 11.3 Å². The number of carbonyl (C=O) groups is 1. The maximum Gasteiger partial charge on any atom is 0.233 e. The molecule has 4 aromatic rings. The number of thiazole rings is 1. The number of aromatic nitrogens is 1. The van der Waals surface area contributed by atoms with E-state index in [0.717, 1.165) is 56.8 Å². The van der Waals surface area contributed by atoms with E-state index in [-0.39, 0.29) is 12.3 Å². The Bertz CT molecular complexity index is 1180. The van der Waals surface area contributed by atoms with E-state index in [1.807, 2.05) is 36.4 Å². The van der Waals surface area contributed by atoms with Gasteiger partial charge in [0.1, 0.15) is 11.3 Å². The van der Waals surface area contributed by atoms with Gasteiger partial charge in [0.2, 0.25) is 5.91 Å². The lowest BCUT2D eigenvalue weighted by Gasteiger charge is -2.13. The van der Waals surface area contributed by atoms with Gasteiger partial charge >= 0.3 is 0 Å². The van der Waals surface area contributed by atoms with Gasteiger partial charge in [-0.15, -0.1) is 0 Å². The van der Waals surface area contributed by atoms with Crippen molar-refractivity contribution in [2.45, 2.75) is 19.4 Å². The van der Waals surface area contributed by atoms with E-state index >= 15 is 0 Å². The second kappa shape index (κ2) is 6.88. The van der Waals surface area contributed by atoms with Crippen LogP contribution in [-0.2, 0) is 24.2 Å². The van der Waals surface area contributed by atoms with E-state index in [0.29, 0.717) is 10.9 Å². The lowest BCUT2D eigenvalue weighted by molar-refractivity contribution is -0.115. The van der Waals surface area contributed by atoms with Gasteiger partial charge in [0, 0.05) is 29.1 Å². The first-order valence-corrected chi connectivity index (χ1v) is 10.3. The summed E-state index contributed by atoms with van der Waals surface area (Å²) in [6.45, 7) is 1.66. The number of nitrogens with zero attached hydrogens (tertiary/aromatic N) is 2. The predicted molar refractivity (Wildman–Crippen MR) is 113 cm³/mol. The topological polar surface area (TPSA) is 58.4 Å². The van der Waals surface area contributed by atoms with Gasteiger partial charge in [-0.1, -0.05) is 35.1 Å². The summed E-state index contributed by atoms with van der Waals surface area (Å²) in [6, 6.07) is 11.6. The number of amides is 1. The molecule has 0 saturated carbocycles. The monoisotopic (exact) mass is 411 g/mol. The van der Waals surface area contributed by atoms with Crippen LogP contribution in [-0.4, -0.2) is 29.4 Å². The molecule has 1 amide bonds. The molecule has 2 aromatic carbocycles. The Morgan fingerprint density at radius 3 is 3.00 bits per heavy atom. The van der Waals surface area contributed by atoms with Crippen molar-refractivity contribution in [2.75, 3.05) is 18.9 Å². The van der Waals surface area contributed by atoms with Crippen molar-refractivity contribution in [1.82, 2.24) is 9.88 Å². The van der Waals surface area contributed by atoms with Gasteiger partial charge in [-0.25, -0.2) is 4.98 Å². The molecule has 7 heteroatoms. The molecule has 3 heterocycles. The molecule has 1 N–H and O–H groups in total. The number of para-hydroxylation sites is 1. The summed E-state index contributed by atoms with van der Waals surface area (Å²) < 4.78 is 7.12. The van der Waals surface area contributed by atoms with Gasteiger partial charge in [0.25, 0.3) is 0 Å². The van der Waals surface area contributed by atoms with Crippen LogP contribution in [0.2, 0.25) is 5.02 Å². The summed E-state index contributed by atoms with van der Waals surface area (Å²) in [5.74, 6) is 0.569. The number of hydrogen-bond donors (Lipinski definition) is 1. The second-order valence-corrected chi connectivity index (χ2v) is 8.54. The van der Waals surface area contributed by atoms with Crippen molar-refractivity contribution < 1.29 is 9.21 Å². The van der Waals surface area contributed by atoms with E-state index in [9.17, 15) is 4.79 Å². The van der Waals surface area contributed by atoms with Gasteiger partial charge in [0.05, 0.1) is 16.6 Å². The number of carbonyl (C=O) groups excluding carboxylic acids is 1. The average Bonchev–Trinajstić information content (AvgIpc) is 3.16. The normalized spacial score (nSPS) is 14.5. The predicted octanol–water partition coefficient (Wildman–Crippen LogP) is 4.87. The number of rotatable bonds is 3. The number of benzene rings is 2. The largest absolute Gasteiger partial charge is 0.460 e. The van der Waals surface area contributed by atoms with Crippen LogP contribution in [0.1, 0.15) is 16.9 Å². The molecular weight excluding hydrogens is 394 g/mol. The number of anilines is 1. The second-order valence-electron chi connectivity index (χ2n) is 7.10. The fourth-order valence-electron chi connectivity index (χ4n) is 3.79. The Morgan fingerprint density at radius 2 is 2.14 bits per heavy atom. The number of nitrogens with one attached hydrogen (secondary N) is 1. The molecule has 0 bridgehead atoms. The zero-order valence-electron chi connectivity index (χ0n) is 15.3. The highest BCUT2D eigenvalue weighted by Crippen LogP contribution is 2.36. The molecule has 0 radical (unpaired) electrons. The summed E-state index contributed by atoms with van der Waals surface area (Å²) in [5, 5.41) is 5.35. The van der Waals surface area contributed by atoms with Crippen molar-refractivity contribution in [3.05, 3.63) is 58.3 Å². The molecule has 0 aliphatic carbocycles. The zero-order valence-corrected chi connectivity index (χ0v) is 16.9.